The normalized spacial score (nSPS) is 11.3. The van der Waals surface area contributed by atoms with Crippen molar-refractivity contribution in [3.8, 4) is 0 Å². The monoisotopic (exact) mass is 233 g/mol. The van der Waals surface area contributed by atoms with Crippen LogP contribution in [0.15, 0.2) is 17.3 Å². The molecule has 1 N–H and O–H groups in total. The molecule has 8 heteroatoms. The Labute approximate surface area is 87.1 Å². The minimum atomic E-state index is -3.70. The second-order valence-electron chi connectivity index (χ2n) is 2.69. The fourth-order valence-electron chi connectivity index (χ4n) is 0.925. The maximum Gasteiger partial charge on any atom is 0.320 e. The molecule has 0 radical (unpaired) electrons. The number of nitrogens with zero attached hydrogens (tertiary/aromatic N) is 2. The van der Waals surface area contributed by atoms with Gasteiger partial charge in [0.25, 0.3) is 10.0 Å². The van der Waals surface area contributed by atoms with Crippen LogP contribution in [-0.2, 0) is 26.6 Å². The van der Waals surface area contributed by atoms with Gasteiger partial charge in [0.05, 0.1) is 13.3 Å². The number of carbonyl (C=O) groups excluding carboxylic acids is 1. The Bertz CT molecular complexity index is 451. The standard InChI is InChI=1S/C7H11N3O4S/c1-10-6(3-4-8-10)15(12,13)9-5-7(11)14-2/h3-4,9H,5H2,1-2H3. The first-order chi connectivity index (χ1) is 6.97. The molecule has 1 aromatic heterocycles. The van der Waals surface area contributed by atoms with E-state index < -0.39 is 22.5 Å². The van der Waals surface area contributed by atoms with Crippen LogP contribution in [0.1, 0.15) is 0 Å². The van der Waals surface area contributed by atoms with Gasteiger partial charge in [-0.05, 0) is 6.07 Å². The van der Waals surface area contributed by atoms with Gasteiger partial charge in [-0.25, -0.2) is 8.42 Å². The molecule has 0 unspecified atom stereocenters. The maximum absolute atomic E-state index is 11.6. The van der Waals surface area contributed by atoms with Gasteiger partial charge in [-0.3, -0.25) is 9.48 Å². The van der Waals surface area contributed by atoms with Gasteiger partial charge in [0, 0.05) is 7.05 Å². The summed E-state index contributed by atoms with van der Waals surface area (Å²) in [5.41, 5.74) is 0. The largest absolute Gasteiger partial charge is 0.468 e. The number of nitrogens with one attached hydrogen (secondary N) is 1. The predicted molar refractivity (Wildman–Crippen MR) is 50.4 cm³/mol. The van der Waals surface area contributed by atoms with E-state index in [0.717, 1.165) is 0 Å². The third kappa shape index (κ3) is 2.77. The summed E-state index contributed by atoms with van der Waals surface area (Å²) in [6, 6.07) is 1.33. The van der Waals surface area contributed by atoms with E-state index in [4.69, 9.17) is 0 Å². The summed E-state index contributed by atoms with van der Waals surface area (Å²) in [7, 11) is -1.03. The highest BCUT2D eigenvalue weighted by molar-refractivity contribution is 7.89. The molecular formula is C7H11N3O4S. The maximum atomic E-state index is 11.6. The summed E-state index contributed by atoms with van der Waals surface area (Å²) in [6.07, 6.45) is 1.35. The number of ether oxygens (including phenoxy) is 1. The minimum Gasteiger partial charge on any atom is -0.468 e. The Morgan fingerprint density at radius 2 is 2.33 bits per heavy atom. The number of aromatic nitrogens is 2. The zero-order valence-corrected chi connectivity index (χ0v) is 9.11. The summed E-state index contributed by atoms with van der Waals surface area (Å²) in [4.78, 5) is 10.7. The van der Waals surface area contributed by atoms with Crippen LogP contribution in [0.4, 0.5) is 0 Å². The van der Waals surface area contributed by atoms with Crippen molar-refractivity contribution >= 4 is 16.0 Å². The van der Waals surface area contributed by atoms with E-state index in [2.05, 4.69) is 14.6 Å². The zero-order chi connectivity index (χ0) is 11.5. The highest BCUT2D eigenvalue weighted by Crippen LogP contribution is 2.04. The van der Waals surface area contributed by atoms with Crippen molar-refractivity contribution in [3.05, 3.63) is 12.3 Å². The van der Waals surface area contributed by atoms with Crippen LogP contribution in [0.3, 0.4) is 0 Å². The first-order valence-electron chi connectivity index (χ1n) is 4.02. The van der Waals surface area contributed by atoms with E-state index in [1.807, 2.05) is 0 Å². The molecule has 0 saturated heterocycles. The summed E-state index contributed by atoms with van der Waals surface area (Å²) >= 11 is 0. The number of hydrogen-bond acceptors (Lipinski definition) is 5. The number of rotatable bonds is 4. The van der Waals surface area contributed by atoms with Gasteiger partial charge >= 0.3 is 5.97 Å². The number of methoxy groups -OCH3 is 1. The van der Waals surface area contributed by atoms with Crippen LogP contribution in [0.2, 0.25) is 0 Å². The molecule has 0 fully saturated rings. The van der Waals surface area contributed by atoms with Crippen LogP contribution in [0, 0.1) is 0 Å². The lowest BCUT2D eigenvalue weighted by Gasteiger charge is -2.05. The second-order valence-corrected chi connectivity index (χ2v) is 4.41. The number of sulfonamides is 1. The lowest BCUT2D eigenvalue weighted by atomic mass is 10.7. The Kier molecular flexibility index (Phi) is 3.43. The first-order valence-corrected chi connectivity index (χ1v) is 5.50. The minimum absolute atomic E-state index is 0.00796. The summed E-state index contributed by atoms with van der Waals surface area (Å²) < 4.78 is 30.7. The van der Waals surface area contributed by atoms with Crippen LogP contribution in [0.25, 0.3) is 0 Å². The molecule has 0 bridgehead atoms. The highest BCUT2D eigenvalue weighted by Gasteiger charge is 2.18. The van der Waals surface area contributed by atoms with Crippen molar-refractivity contribution in [3.63, 3.8) is 0 Å². The van der Waals surface area contributed by atoms with Crippen LogP contribution in [-0.4, -0.2) is 37.8 Å². The molecule has 1 heterocycles. The molecule has 0 aromatic carbocycles. The number of aryl methyl sites for hydroxylation is 1. The van der Waals surface area contributed by atoms with Gasteiger partial charge in [-0.2, -0.15) is 9.82 Å². The zero-order valence-electron chi connectivity index (χ0n) is 8.30. The third-order valence-electron chi connectivity index (χ3n) is 1.69. The summed E-state index contributed by atoms with van der Waals surface area (Å²) in [6.45, 7) is -0.399. The van der Waals surface area contributed by atoms with E-state index >= 15 is 0 Å². The average molecular weight is 233 g/mol. The van der Waals surface area contributed by atoms with Gasteiger partial charge in [-0.1, -0.05) is 0 Å². The van der Waals surface area contributed by atoms with Crippen LogP contribution in [0.5, 0.6) is 0 Å². The van der Waals surface area contributed by atoms with Crippen molar-refractivity contribution in [1.29, 1.82) is 0 Å². The molecule has 7 nitrogen and oxygen atoms in total. The van der Waals surface area contributed by atoms with Crippen molar-refractivity contribution in [1.82, 2.24) is 14.5 Å². The van der Waals surface area contributed by atoms with E-state index in [9.17, 15) is 13.2 Å². The molecule has 0 aliphatic rings. The van der Waals surface area contributed by atoms with E-state index in [-0.39, 0.29) is 5.03 Å². The SMILES string of the molecule is COC(=O)CNS(=O)(=O)c1ccnn1C. The highest BCUT2D eigenvalue weighted by atomic mass is 32.2. The lowest BCUT2D eigenvalue weighted by Crippen LogP contribution is -2.31. The number of esters is 1. The van der Waals surface area contributed by atoms with Crippen molar-refractivity contribution in [2.45, 2.75) is 5.03 Å². The van der Waals surface area contributed by atoms with E-state index in [1.54, 1.807) is 0 Å². The molecule has 1 rings (SSSR count). The fraction of sp³-hybridized carbons (Fsp3) is 0.429. The summed E-state index contributed by atoms with van der Waals surface area (Å²) in [5.74, 6) is -0.652. The van der Waals surface area contributed by atoms with Crippen LogP contribution >= 0.6 is 0 Å². The Morgan fingerprint density at radius 3 is 2.80 bits per heavy atom. The molecule has 0 amide bonds. The first kappa shape index (κ1) is 11.7. The van der Waals surface area contributed by atoms with Crippen molar-refractivity contribution in [2.75, 3.05) is 13.7 Å². The van der Waals surface area contributed by atoms with E-state index in [0.29, 0.717) is 0 Å². The average Bonchev–Trinajstić information content (AvgIpc) is 2.61. The third-order valence-corrected chi connectivity index (χ3v) is 3.16. The van der Waals surface area contributed by atoms with Gasteiger partial charge in [0.2, 0.25) is 0 Å². The molecule has 0 atom stereocenters. The Hall–Kier alpha value is -1.41. The molecule has 0 spiro atoms. The summed E-state index contributed by atoms with van der Waals surface area (Å²) in [5, 5.41) is 3.70. The van der Waals surface area contributed by atoms with Gasteiger partial charge in [0.1, 0.15) is 6.54 Å². The van der Waals surface area contributed by atoms with Crippen LogP contribution < -0.4 is 4.72 Å². The lowest BCUT2D eigenvalue weighted by molar-refractivity contribution is -0.139. The van der Waals surface area contributed by atoms with Gasteiger partial charge in [-0.15, -0.1) is 0 Å². The number of carbonyl (C=O) groups is 1. The van der Waals surface area contributed by atoms with Crippen molar-refractivity contribution < 1.29 is 17.9 Å². The second kappa shape index (κ2) is 4.41. The molecule has 0 aliphatic heterocycles. The molecule has 15 heavy (non-hydrogen) atoms. The van der Waals surface area contributed by atoms with Gasteiger partial charge < -0.3 is 4.74 Å². The van der Waals surface area contributed by atoms with E-state index in [1.165, 1.54) is 31.1 Å². The topological polar surface area (TPSA) is 90.3 Å². The van der Waals surface area contributed by atoms with Gasteiger partial charge in [0.15, 0.2) is 5.03 Å². The van der Waals surface area contributed by atoms with Crippen molar-refractivity contribution in [2.24, 2.45) is 7.05 Å². The molecular weight excluding hydrogens is 222 g/mol. The predicted octanol–water partition coefficient (Wildman–Crippen LogP) is -1.13. The Balaban J connectivity index is 2.77. The fourth-order valence-corrected chi connectivity index (χ4v) is 2.02. The molecule has 0 saturated carbocycles. The molecule has 84 valence electrons. The smallest absolute Gasteiger partial charge is 0.320 e. The Morgan fingerprint density at radius 1 is 1.67 bits per heavy atom. The quantitative estimate of drug-likeness (QED) is 0.665. The molecule has 1 aromatic rings. The number of hydrogen-bond donors (Lipinski definition) is 1. The molecule has 0 aliphatic carbocycles.